The molecule has 1 heterocycles. The smallest absolute Gasteiger partial charge is 0.251 e. The van der Waals surface area contributed by atoms with E-state index in [4.69, 9.17) is 0 Å². The number of amides is 1. The number of aliphatic imine (C=N–C) groups is 1. The number of benzene rings is 1. The molecule has 6 nitrogen and oxygen atoms in total. The molecule has 1 aromatic rings. The number of hydrogen-bond donors (Lipinski definition) is 3. The second-order valence-electron chi connectivity index (χ2n) is 7.30. The van der Waals surface area contributed by atoms with Gasteiger partial charge >= 0.3 is 0 Å². The van der Waals surface area contributed by atoms with Crippen molar-refractivity contribution >= 4 is 51.8 Å². The molecule has 1 fully saturated rings. The number of carbonyl (C=O) groups excluding carboxylic acids is 1. The van der Waals surface area contributed by atoms with Crippen LogP contribution in [0.15, 0.2) is 33.7 Å². The van der Waals surface area contributed by atoms with Crippen molar-refractivity contribution in [3.05, 3.63) is 34.3 Å². The molecule has 1 aliphatic heterocycles. The summed E-state index contributed by atoms with van der Waals surface area (Å²) in [6.07, 6.45) is 0. The summed E-state index contributed by atoms with van der Waals surface area (Å²) >= 11 is 3.39. The lowest BCUT2D eigenvalue weighted by atomic mass is 10.1. The van der Waals surface area contributed by atoms with Crippen molar-refractivity contribution < 1.29 is 4.79 Å². The zero-order chi connectivity index (χ0) is 19.8. The van der Waals surface area contributed by atoms with Gasteiger partial charge in [0.1, 0.15) is 0 Å². The zero-order valence-corrected chi connectivity index (χ0v) is 21.1. The number of halogens is 2. The van der Waals surface area contributed by atoms with Crippen molar-refractivity contribution in [1.29, 1.82) is 0 Å². The van der Waals surface area contributed by atoms with Gasteiger partial charge in [0.15, 0.2) is 5.96 Å². The van der Waals surface area contributed by atoms with E-state index >= 15 is 0 Å². The Hall–Kier alpha value is -0.870. The third-order valence-corrected chi connectivity index (χ3v) is 5.28. The predicted molar refractivity (Wildman–Crippen MR) is 131 cm³/mol. The van der Waals surface area contributed by atoms with Crippen LogP contribution in [0.4, 0.5) is 0 Å². The summed E-state index contributed by atoms with van der Waals surface area (Å²) in [6, 6.07) is 8.32. The van der Waals surface area contributed by atoms with Crippen molar-refractivity contribution in [3.8, 4) is 0 Å². The normalized spacial score (nSPS) is 20.0. The zero-order valence-electron chi connectivity index (χ0n) is 17.2. The quantitative estimate of drug-likeness (QED) is 0.206. The highest BCUT2D eigenvalue weighted by Crippen LogP contribution is 2.18. The SMILES string of the molecule is CCNC(=NCCNC(=O)c1cccc(Br)c1)NC1CN(C(C)C)CC1C.I. The summed E-state index contributed by atoms with van der Waals surface area (Å²) in [5.41, 5.74) is 0.645. The van der Waals surface area contributed by atoms with Crippen LogP contribution < -0.4 is 16.0 Å². The van der Waals surface area contributed by atoms with Gasteiger partial charge in [0.2, 0.25) is 0 Å². The lowest BCUT2D eigenvalue weighted by molar-refractivity contribution is 0.0954. The Balaban J connectivity index is 0.00000392. The van der Waals surface area contributed by atoms with Crippen LogP contribution in [-0.2, 0) is 0 Å². The van der Waals surface area contributed by atoms with E-state index in [0.29, 0.717) is 36.7 Å². The van der Waals surface area contributed by atoms with Gasteiger partial charge in [0.05, 0.1) is 6.54 Å². The minimum atomic E-state index is -0.0820. The van der Waals surface area contributed by atoms with E-state index in [1.165, 1.54) is 0 Å². The van der Waals surface area contributed by atoms with Crippen LogP contribution in [-0.4, -0.2) is 61.6 Å². The van der Waals surface area contributed by atoms with Crippen LogP contribution in [0, 0.1) is 5.92 Å². The Morgan fingerprint density at radius 1 is 1.32 bits per heavy atom. The Bertz CT molecular complexity index is 655. The molecule has 2 rings (SSSR count). The van der Waals surface area contributed by atoms with Gasteiger partial charge in [-0.15, -0.1) is 24.0 Å². The first-order chi connectivity index (χ1) is 12.9. The predicted octanol–water partition coefficient (Wildman–Crippen LogP) is 3.08. The second-order valence-corrected chi connectivity index (χ2v) is 8.22. The lowest BCUT2D eigenvalue weighted by Crippen LogP contribution is -2.47. The molecule has 28 heavy (non-hydrogen) atoms. The van der Waals surface area contributed by atoms with Crippen LogP contribution in [0.25, 0.3) is 0 Å². The number of guanidine groups is 1. The highest BCUT2D eigenvalue weighted by Gasteiger charge is 2.31. The summed E-state index contributed by atoms with van der Waals surface area (Å²) in [5.74, 6) is 1.31. The maximum atomic E-state index is 12.2. The highest BCUT2D eigenvalue weighted by molar-refractivity contribution is 14.0. The van der Waals surface area contributed by atoms with E-state index in [-0.39, 0.29) is 29.9 Å². The monoisotopic (exact) mass is 565 g/mol. The van der Waals surface area contributed by atoms with Gasteiger partial charge in [-0.05, 0) is 44.9 Å². The molecule has 0 aromatic heterocycles. The topological polar surface area (TPSA) is 68.8 Å². The van der Waals surface area contributed by atoms with Crippen molar-refractivity contribution in [2.75, 3.05) is 32.7 Å². The van der Waals surface area contributed by atoms with Gasteiger partial charge in [-0.2, -0.15) is 0 Å². The Morgan fingerprint density at radius 2 is 2.07 bits per heavy atom. The molecule has 1 amide bonds. The van der Waals surface area contributed by atoms with Crippen molar-refractivity contribution in [3.63, 3.8) is 0 Å². The van der Waals surface area contributed by atoms with Crippen LogP contribution in [0.2, 0.25) is 0 Å². The number of nitrogens with zero attached hydrogens (tertiary/aromatic N) is 2. The molecule has 0 bridgehead atoms. The average molecular weight is 566 g/mol. The first-order valence-corrected chi connectivity index (χ1v) is 10.5. The van der Waals surface area contributed by atoms with E-state index in [9.17, 15) is 4.79 Å². The van der Waals surface area contributed by atoms with Gasteiger partial charge < -0.3 is 16.0 Å². The standard InChI is InChI=1S/C20H32BrN5O.HI/c1-5-22-20(25-18-13-26(14(2)3)12-15(18)4)24-10-9-23-19(27)16-7-6-8-17(21)11-16;/h6-8,11,14-15,18H,5,9-10,12-13H2,1-4H3,(H,23,27)(H2,22,24,25);1H. The van der Waals surface area contributed by atoms with Crippen LogP contribution in [0.1, 0.15) is 38.1 Å². The van der Waals surface area contributed by atoms with Gasteiger partial charge in [0.25, 0.3) is 5.91 Å². The highest BCUT2D eigenvalue weighted by atomic mass is 127. The number of rotatable bonds is 7. The van der Waals surface area contributed by atoms with E-state index in [2.05, 4.69) is 69.5 Å². The van der Waals surface area contributed by atoms with Crippen LogP contribution in [0.3, 0.4) is 0 Å². The minimum Gasteiger partial charge on any atom is -0.357 e. The summed E-state index contributed by atoms with van der Waals surface area (Å²) in [5, 5.41) is 9.78. The molecular weight excluding hydrogens is 533 g/mol. The maximum absolute atomic E-state index is 12.2. The molecular formula is C20H33BrIN5O. The minimum absolute atomic E-state index is 0. The maximum Gasteiger partial charge on any atom is 0.251 e. The lowest BCUT2D eigenvalue weighted by Gasteiger charge is -2.22. The van der Waals surface area contributed by atoms with E-state index in [1.807, 2.05) is 18.2 Å². The molecule has 3 N–H and O–H groups in total. The summed E-state index contributed by atoms with van der Waals surface area (Å²) in [6.45, 7) is 12.8. The first kappa shape index (κ1) is 25.2. The number of carbonyl (C=O) groups is 1. The van der Waals surface area contributed by atoms with Gasteiger partial charge in [0, 0.05) is 48.3 Å². The van der Waals surface area contributed by atoms with Crippen molar-refractivity contribution in [2.45, 2.75) is 39.8 Å². The molecule has 1 aliphatic rings. The Morgan fingerprint density at radius 3 is 2.68 bits per heavy atom. The fourth-order valence-electron chi connectivity index (χ4n) is 3.18. The molecule has 0 radical (unpaired) electrons. The molecule has 158 valence electrons. The van der Waals surface area contributed by atoms with Gasteiger partial charge in [-0.1, -0.05) is 28.9 Å². The fraction of sp³-hybridized carbons (Fsp3) is 0.600. The molecule has 2 atom stereocenters. The van der Waals surface area contributed by atoms with E-state index in [0.717, 1.165) is 30.1 Å². The summed E-state index contributed by atoms with van der Waals surface area (Å²) in [7, 11) is 0. The number of likely N-dealkylation sites (tertiary alicyclic amines) is 1. The van der Waals surface area contributed by atoms with E-state index < -0.39 is 0 Å². The molecule has 1 aromatic carbocycles. The van der Waals surface area contributed by atoms with Gasteiger partial charge in [-0.25, -0.2) is 0 Å². The largest absolute Gasteiger partial charge is 0.357 e. The Labute approximate surface area is 194 Å². The third-order valence-electron chi connectivity index (χ3n) is 4.79. The number of nitrogens with one attached hydrogen (secondary N) is 3. The van der Waals surface area contributed by atoms with Crippen molar-refractivity contribution in [1.82, 2.24) is 20.9 Å². The van der Waals surface area contributed by atoms with E-state index in [1.54, 1.807) is 6.07 Å². The number of hydrogen-bond acceptors (Lipinski definition) is 3. The summed E-state index contributed by atoms with van der Waals surface area (Å²) < 4.78 is 0.896. The molecule has 8 heteroatoms. The second kappa shape index (κ2) is 12.6. The summed E-state index contributed by atoms with van der Waals surface area (Å²) in [4.78, 5) is 19.3. The fourth-order valence-corrected chi connectivity index (χ4v) is 3.58. The average Bonchev–Trinajstić information content (AvgIpc) is 2.99. The molecule has 0 spiro atoms. The molecule has 0 saturated carbocycles. The third kappa shape index (κ3) is 7.87. The Kier molecular flexibility index (Phi) is 11.4. The van der Waals surface area contributed by atoms with Crippen LogP contribution in [0.5, 0.6) is 0 Å². The first-order valence-electron chi connectivity index (χ1n) is 9.73. The molecule has 0 aliphatic carbocycles. The van der Waals surface area contributed by atoms with Crippen molar-refractivity contribution in [2.24, 2.45) is 10.9 Å². The van der Waals surface area contributed by atoms with Crippen LogP contribution >= 0.6 is 39.9 Å². The molecule has 2 unspecified atom stereocenters. The van der Waals surface area contributed by atoms with Gasteiger partial charge in [-0.3, -0.25) is 14.7 Å². The molecule has 1 saturated heterocycles.